The molecule has 3 aromatic rings. The van der Waals surface area contributed by atoms with Crippen molar-refractivity contribution < 1.29 is 9.59 Å². The molecule has 0 aliphatic carbocycles. The van der Waals surface area contributed by atoms with Crippen LogP contribution in [0, 0.1) is 0 Å². The van der Waals surface area contributed by atoms with Crippen LogP contribution in [0.1, 0.15) is 17.3 Å². The van der Waals surface area contributed by atoms with Crippen molar-refractivity contribution in [2.75, 3.05) is 11.1 Å². The summed E-state index contributed by atoms with van der Waals surface area (Å²) >= 11 is 2.53. The lowest BCUT2D eigenvalue weighted by Crippen LogP contribution is -2.21. The number of carbonyl (C=O) groups excluding carboxylic acids is 2. The number of thioether (sulfide) groups is 1. The van der Waals surface area contributed by atoms with Crippen LogP contribution in [0.4, 0.5) is 5.69 Å². The lowest BCUT2D eigenvalue weighted by atomic mass is 10.1. The fourth-order valence-corrected chi connectivity index (χ4v) is 3.89. The highest BCUT2D eigenvalue weighted by Crippen LogP contribution is 2.21. The Balaban J connectivity index is 1.74. The van der Waals surface area contributed by atoms with Gasteiger partial charge >= 0.3 is 0 Å². The molecule has 1 N–H and O–H groups in total. The summed E-state index contributed by atoms with van der Waals surface area (Å²) in [6.07, 6.45) is 0. The molecule has 0 aliphatic heterocycles. The van der Waals surface area contributed by atoms with Gasteiger partial charge in [0, 0.05) is 12.6 Å². The van der Waals surface area contributed by atoms with Gasteiger partial charge in [0.1, 0.15) is 4.70 Å². The molecule has 1 aromatic carbocycles. The fraction of sp³-hybridized carbons (Fsp3) is 0.176. The molecule has 25 heavy (non-hydrogen) atoms. The Bertz CT molecular complexity index is 1020. The maximum absolute atomic E-state index is 12.2. The first-order valence-electron chi connectivity index (χ1n) is 7.44. The number of fused-ring (bicyclic) bond motifs is 1. The third-order valence-corrected chi connectivity index (χ3v) is 5.48. The molecule has 2 aromatic heterocycles. The molecule has 0 aliphatic rings. The topological polar surface area (TPSA) is 81.1 Å². The zero-order valence-corrected chi connectivity index (χ0v) is 15.2. The van der Waals surface area contributed by atoms with Crippen molar-refractivity contribution in [3.63, 3.8) is 0 Å². The maximum Gasteiger partial charge on any atom is 0.271 e. The summed E-state index contributed by atoms with van der Waals surface area (Å²) in [6, 6.07) is 8.64. The van der Waals surface area contributed by atoms with Crippen LogP contribution < -0.4 is 10.9 Å². The minimum absolute atomic E-state index is 0.0855. The van der Waals surface area contributed by atoms with Crippen LogP contribution in [-0.2, 0) is 11.8 Å². The van der Waals surface area contributed by atoms with Crippen LogP contribution in [0.3, 0.4) is 0 Å². The number of hydrogen-bond acceptors (Lipinski definition) is 6. The van der Waals surface area contributed by atoms with Gasteiger partial charge in [-0.3, -0.25) is 19.0 Å². The molecule has 6 nitrogen and oxygen atoms in total. The van der Waals surface area contributed by atoms with E-state index in [1.54, 1.807) is 37.4 Å². The van der Waals surface area contributed by atoms with Gasteiger partial charge in [0.05, 0.1) is 17.0 Å². The van der Waals surface area contributed by atoms with Crippen molar-refractivity contribution in [2.24, 2.45) is 7.05 Å². The van der Waals surface area contributed by atoms with Gasteiger partial charge in [0.25, 0.3) is 5.56 Å². The number of rotatable bonds is 5. The van der Waals surface area contributed by atoms with Gasteiger partial charge in [0.15, 0.2) is 10.9 Å². The molecule has 0 radical (unpaired) electrons. The van der Waals surface area contributed by atoms with Crippen LogP contribution >= 0.6 is 23.1 Å². The number of Topliss-reactive ketones (excluding diaryl/α,β-unsaturated/α-hetero) is 1. The highest BCUT2D eigenvalue weighted by Gasteiger charge is 2.13. The first-order chi connectivity index (χ1) is 12.0. The Hall–Kier alpha value is -2.45. The van der Waals surface area contributed by atoms with Gasteiger partial charge in [-0.25, -0.2) is 4.98 Å². The molecule has 0 bridgehead atoms. The number of para-hydroxylation sites is 1. The van der Waals surface area contributed by atoms with E-state index < -0.39 is 0 Å². The van der Waals surface area contributed by atoms with Gasteiger partial charge < -0.3 is 5.32 Å². The predicted octanol–water partition coefficient (Wildman–Crippen LogP) is 2.93. The monoisotopic (exact) mass is 373 g/mol. The van der Waals surface area contributed by atoms with E-state index in [0.29, 0.717) is 26.6 Å². The summed E-state index contributed by atoms with van der Waals surface area (Å²) in [4.78, 5) is 40.5. The summed E-state index contributed by atoms with van der Waals surface area (Å²) in [5, 5.41) is 5.03. The van der Waals surface area contributed by atoms with Gasteiger partial charge in [-0.1, -0.05) is 23.9 Å². The van der Waals surface area contributed by atoms with E-state index >= 15 is 0 Å². The normalized spacial score (nSPS) is 10.8. The molecule has 1 amide bonds. The Morgan fingerprint density at radius 3 is 2.80 bits per heavy atom. The number of carbonyl (C=O) groups is 2. The van der Waals surface area contributed by atoms with Crippen LogP contribution in [0.5, 0.6) is 0 Å². The van der Waals surface area contributed by atoms with Crippen molar-refractivity contribution >= 4 is 50.7 Å². The minimum Gasteiger partial charge on any atom is -0.325 e. The second kappa shape index (κ2) is 7.20. The van der Waals surface area contributed by atoms with E-state index in [9.17, 15) is 14.4 Å². The molecule has 8 heteroatoms. The number of amides is 1. The smallest absolute Gasteiger partial charge is 0.271 e. The number of anilines is 1. The van der Waals surface area contributed by atoms with E-state index in [4.69, 9.17) is 0 Å². The number of nitrogens with zero attached hydrogens (tertiary/aromatic N) is 2. The summed E-state index contributed by atoms with van der Waals surface area (Å²) in [7, 11) is 1.64. The number of thiophene rings is 1. The molecule has 0 saturated heterocycles. The third-order valence-electron chi connectivity index (χ3n) is 3.56. The van der Waals surface area contributed by atoms with Crippen molar-refractivity contribution in [3.8, 4) is 0 Å². The number of nitrogens with one attached hydrogen (secondary N) is 1. The Kier molecular flexibility index (Phi) is 5.00. The average Bonchev–Trinajstić information content (AvgIpc) is 3.05. The lowest BCUT2D eigenvalue weighted by molar-refractivity contribution is -0.113. The molecule has 0 atom stereocenters. The average molecular weight is 373 g/mol. The second-order valence-electron chi connectivity index (χ2n) is 5.33. The summed E-state index contributed by atoms with van der Waals surface area (Å²) in [5.41, 5.74) is 1.46. The quantitative estimate of drug-likeness (QED) is 0.422. The lowest BCUT2D eigenvalue weighted by Gasteiger charge is -2.10. The predicted molar refractivity (Wildman–Crippen MR) is 101 cm³/mol. The zero-order valence-electron chi connectivity index (χ0n) is 13.6. The minimum atomic E-state index is -0.265. The highest BCUT2D eigenvalue weighted by atomic mass is 32.2. The van der Waals surface area contributed by atoms with Crippen molar-refractivity contribution in [1.29, 1.82) is 0 Å². The Morgan fingerprint density at radius 2 is 2.04 bits per heavy atom. The number of ketones is 1. The standard InChI is InChI=1S/C17H15N3O3S2/c1-10(21)11-5-3-4-6-12(11)18-14(22)9-25-17-19-13-7-8-24-15(13)16(23)20(17)2/h3-8H,9H2,1-2H3,(H,18,22). The SMILES string of the molecule is CC(=O)c1ccccc1NC(=O)CSc1nc2ccsc2c(=O)n1C. The molecule has 0 fully saturated rings. The van der Waals surface area contributed by atoms with Gasteiger partial charge in [-0.2, -0.15) is 0 Å². The zero-order chi connectivity index (χ0) is 18.0. The van der Waals surface area contributed by atoms with Crippen LogP contribution in [0.15, 0.2) is 45.7 Å². The van der Waals surface area contributed by atoms with Crippen LogP contribution in [0.25, 0.3) is 10.2 Å². The molecule has 0 unspecified atom stereocenters. The number of benzene rings is 1. The summed E-state index contributed by atoms with van der Waals surface area (Å²) in [5.74, 6) is -0.295. The van der Waals surface area contributed by atoms with Crippen LogP contribution in [-0.4, -0.2) is 27.0 Å². The molecule has 2 heterocycles. The molecule has 0 saturated carbocycles. The Morgan fingerprint density at radius 1 is 1.28 bits per heavy atom. The van der Waals surface area contributed by atoms with E-state index in [0.717, 1.165) is 0 Å². The van der Waals surface area contributed by atoms with E-state index in [2.05, 4.69) is 10.3 Å². The molecule has 128 valence electrons. The first-order valence-corrected chi connectivity index (χ1v) is 9.30. The second-order valence-corrected chi connectivity index (χ2v) is 7.19. The van der Waals surface area contributed by atoms with Crippen LogP contribution in [0.2, 0.25) is 0 Å². The van der Waals surface area contributed by atoms with Gasteiger partial charge in [0.2, 0.25) is 5.91 Å². The van der Waals surface area contributed by atoms with E-state index in [1.165, 1.54) is 34.6 Å². The molecule has 0 spiro atoms. The van der Waals surface area contributed by atoms with E-state index in [1.807, 2.05) is 5.38 Å². The van der Waals surface area contributed by atoms with E-state index in [-0.39, 0.29) is 23.0 Å². The fourth-order valence-electron chi connectivity index (χ4n) is 2.31. The van der Waals surface area contributed by atoms with Crippen molar-refractivity contribution in [2.45, 2.75) is 12.1 Å². The van der Waals surface area contributed by atoms with Gasteiger partial charge in [-0.15, -0.1) is 11.3 Å². The third kappa shape index (κ3) is 3.64. The molecule has 3 rings (SSSR count). The summed E-state index contributed by atoms with van der Waals surface area (Å²) < 4.78 is 2.05. The highest BCUT2D eigenvalue weighted by molar-refractivity contribution is 7.99. The number of aromatic nitrogens is 2. The largest absolute Gasteiger partial charge is 0.325 e. The Labute approximate surface area is 151 Å². The van der Waals surface area contributed by atoms with Gasteiger partial charge in [-0.05, 0) is 30.5 Å². The maximum atomic E-state index is 12.2. The number of hydrogen-bond donors (Lipinski definition) is 1. The van der Waals surface area contributed by atoms with Crippen molar-refractivity contribution in [3.05, 3.63) is 51.6 Å². The molecular weight excluding hydrogens is 358 g/mol. The van der Waals surface area contributed by atoms with Crippen molar-refractivity contribution in [1.82, 2.24) is 9.55 Å². The first kappa shape index (κ1) is 17.4. The summed E-state index contributed by atoms with van der Waals surface area (Å²) in [6.45, 7) is 1.45. The molecular formula is C17H15N3O3S2.